The molecule has 1 aromatic rings. The molecular formula is C15H16F3NO4. The third-order valence-corrected chi connectivity index (χ3v) is 3.34. The Morgan fingerprint density at radius 1 is 1.30 bits per heavy atom. The van der Waals surface area contributed by atoms with Crippen molar-refractivity contribution in [2.75, 3.05) is 19.8 Å². The molecule has 2 rings (SSSR count). The minimum Gasteiger partial charge on any atom is -0.452 e. The maximum absolute atomic E-state index is 12.8. The quantitative estimate of drug-likeness (QED) is 0.840. The molecular weight excluding hydrogens is 315 g/mol. The van der Waals surface area contributed by atoms with Crippen molar-refractivity contribution in [3.8, 4) is 0 Å². The highest BCUT2D eigenvalue weighted by atomic mass is 19.4. The number of hydrogen-bond acceptors (Lipinski definition) is 4. The molecule has 0 spiro atoms. The van der Waals surface area contributed by atoms with Crippen molar-refractivity contribution >= 4 is 11.9 Å². The largest absolute Gasteiger partial charge is 0.452 e. The van der Waals surface area contributed by atoms with Crippen LogP contribution >= 0.6 is 0 Å². The summed E-state index contributed by atoms with van der Waals surface area (Å²) in [5.74, 6) is -1.77. The first kappa shape index (κ1) is 17.3. The molecule has 23 heavy (non-hydrogen) atoms. The maximum Gasteiger partial charge on any atom is 0.417 e. The molecule has 1 aliphatic rings. The summed E-state index contributed by atoms with van der Waals surface area (Å²) < 4.78 is 48.4. The molecule has 1 heterocycles. The molecule has 0 unspecified atom stereocenters. The molecule has 0 aromatic heterocycles. The highest BCUT2D eigenvalue weighted by Gasteiger charge is 2.35. The van der Waals surface area contributed by atoms with Gasteiger partial charge in [0.2, 0.25) is 0 Å². The number of nitrogens with one attached hydrogen (secondary N) is 1. The maximum atomic E-state index is 12.8. The fraction of sp³-hybridized carbons (Fsp3) is 0.467. The van der Waals surface area contributed by atoms with Crippen LogP contribution in [0.15, 0.2) is 24.3 Å². The van der Waals surface area contributed by atoms with Crippen molar-refractivity contribution in [1.82, 2.24) is 5.32 Å². The minimum atomic E-state index is -4.67. The van der Waals surface area contributed by atoms with E-state index < -0.39 is 35.8 Å². The van der Waals surface area contributed by atoms with Crippen LogP contribution in [0.25, 0.3) is 0 Å². The number of ether oxygens (including phenoxy) is 2. The van der Waals surface area contributed by atoms with Gasteiger partial charge < -0.3 is 14.8 Å². The second-order valence-electron chi connectivity index (χ2n) is 5.06. The molecule has 5 nitrogen and oxygen atoms in total. The minimum absolute atomic E-state index is 0.0689. The van der Waals surface area contributed by atoms with E-state index >= 15 is 0 Å². The standard InChI is InChI=1S/C15H16F3NO4/c16-15(17,18)12-6-2-1-5-11(12)14(21)23-9-13(20)19-8-10-4-3-7-22-10/h1-2,5-6,10H,3-4,7-9H2,(H,19,20)/t10-/m1/s1. The Hall–Kier alpha value is -2.09. The number of alkyl halides is 3. The summed E-state index contributed by atoms with van der Waals surface area (Å²) in [5.41, 5.74) is -1.71. The smallest absolute Gasteiger partial charge is 0.417 e. The molecule has 8 heteroatoms. The van der Waals surface area contributed by atoms with E-state index in [-0.39, 0.29) is 12.6 Å². The summed E-state index contributed by atoms with van der Waals surface area (Å²) in [6, 6.07) is 4.26. The molecule has 0 bridgehead atoms. The van der Waals surface area contributed by atoms with E-state index in [1.807, 2.05) is 0 Å². The Morgan fingerprint density at radius 2 is 2.04 bits per heavy atom. The van der Waals surface area contributed by atoms with Crippen molar-refractivity contribution in [1.29, 1.82) is 0 Å². The van der Waals surface area contributed by atoms with Gasteiger partial charge in [0.15, 0.2) is 6.61 Å². The number of rotatable bonds is 5. The van der Waals surface area contributed by atoms with E-state index in [4.69, 9.17) is 4.74 Å². The monoisotopic (exact) mass is 331 g/mol. The number of carbonyl (C=O) groups is 2. The van der Waals surface area contributed by atoms with Gasteiger partial charge >= 0.3 is 12.1 Å². The summed E-state index contributed by atoms with van der Waals surface area (Å²) in [7, 11) is 0. The van der Waals surface area contributed by atoms with Crippen LogP contribution in [-0.2, 0) is 20.4 Å². The first-order valence-corrected chi connectivity index (χ1v) is 7.09. The van der Waals surface area contributed by atoms with Crippen LogP contribution in [0.4, 0.5) is 13.2 Å². The van der Waals surface area contributed by atoms with Crippen LogP contribution in [0, 0.1) is 0 Å². The first-order valence-electron chi connectivity index (χ1n) is 7.09. The highest BCUT2D eigenvalue weighted by Crippen LogP contribution is 2.32. The number of amides is 1. The van der Waals surface area contributed by atoms with Gasteiger partial charge in [-0.15, -0.1) is 0 Å². The summed E-state index contributed by atoms with van der Waals surface area (Å²) in [6.07, 6.45) is -2.99. The van der Waals surface area contributed by atoms with Crippen LogP contribution in [-0.4, -0.2) is 37.7 Å². The molecule has 1 N–H and O–H groups in total. The first-order chi connectivity index (χ1) is 10.9. The van der Waals surface area contributed by atoms with Crippen molar-refractivity contribution in [3.05, 3.63) is 35.4 Å². The molecule has 126 valence electrons. The van der Waals surface area contributed by atoms with Gasteiger partial charge in [0.25, 0.3) is 5.91 Å². The van der Waals surface area contributed by atoms with Crippen molar-refractivity contribution < 1.29 is 32.2 Å². The molecule has 1 atom stereocenters. The van der Waals surface area contributed by atoms with Crippen LogP contribution < -0.4 is 5.32 Å². The van der Waals surface area contributed by atoms with E-state index in [0.29, 0.717) is 6.61 Å². The van der Waals surface area contributed by atoms with E-state index in [2.05, 4.69) is 10.1 Å². The van der Waals surface area contributed by atoms with Gasteiger partial charge in [0.1, 0.15) is 0 Å². The van der Waals surface area contributed by atoms with E-state index in [1.165, 1.54) is 12.1 Å². The Labute approximate surface area is 130 Å². The SMILES string of the molecule is O=C(COC(=O)c1ccccc1C(F)(F)F)NC[C@H]1CCCO1. The molecule has 0 saturated carbocycles. The summed E-state index contributed by atoms with van der Waals surface area (Å²) in [5, 5.41) is 2.51. The van der Waals surface area contributed by atoms with Gasteiger partial charge in [-0.05, 0) is 25.0 Å². The molecule has 0 radical (unpaired) electrons. The van der Waals surface area contributed by atoms with Gasteiger partial charge in [0, 0.05) is 13.2 Å². The molecule has 1 aliphatic heterocycles. The molecule has 1 amide bonds. The summed E-state index contributed by atoms with van der Waals surface area (Å²) in [6.45, 7) is 0.289. The van der Waals surface area contributed by atoms with Gasteiger partial charge in [-0.25, -0.2) is 4.79 Å². The molecule has 0 aliphatic carbocycles. The Bertz CT molecular complexity index is 568. The topological polar surface area (TPSA) is 64.6 Å². The average molecular weight is 331 g/mol. The zero-order valence-corrected chi connectivity index (χ0v) is 12.2. The fourth-order valence-electron chi connectivity index (χ4n) is 2.20. The Kier molecular flexibility index (Phi) is 5.59. The average Bonchev–Trinajstić information content (AvgIpc) is 3.03. The predicted molar refractivity (Wildman–Crippen MR) is 73.7 cm³/mol. The third-order valence-electron chi connectivity index (χ3n) is 3.34. The van der Waals surface area contributed by atoms with Gasteiger partial charge in [-0.1, -0.05) is 12.1 Å². The predicted octanol–water partition coefficient (Wildman–Crippen LogP) is 2.16. The molecule has 1 aromatic carbocycles. The zero-order chi connectivity index (χ0) is 16.9. The van der Waals surface area contributed by atoms with E-state index in [0.717, 1.165) is 25.0 Å². The summed E-state index contributed by atoms with van der Waals surface area (Å²) in [4.78, 5) is 23.3. The van der Waals surface area contributed by atoms with Gasteiger partial charge in [-0.3, -0.25) is 4.79 Å². The van der Waals surface area contributed by atoms with E-state index in [9.17, 15) is 22.8 Å². The van der Waals surface area contributed by atoms with Crippen molar-refractivity contribution in [2.45, 2.75) is 25.1 Å². The molecule has 1 fully saturated rings. The lowest BCUT2D eigenvalue weighted by atomic mass is 10.1. The van der Waals surface area contributed by atoms with Crippen molar-refractivity contribution in [3.63, 3.8) is 0 Å². The lowest BCUT2D eigenvalue weighted by Gasteiger charge is -2.13. The second-order valence-corrected chi connectivity index (χ2v) is 5.06. The zero-order valence-electron chi connectivity index (χ0n) is 12.2. The van der Waals surface area contributed by atoms with Crippen LogP contribution in [0.5, 0.6) is 0 Å². The number of hydrogen-bond donors (Lipinski definition) is 1. The number of benzene rings is 1. The number of carbonyl (C=O) groups excluding carboxylic acids is 2. The van der Waals surface area contributed by atoms with Crippen LogP contribution in [0.1, 0.15) is 28.8 Å². The van der Waals surface area contributed by atoms with Gasteiger partial charge in [-0.2, -0.15) is 13.2 Å². The third kappa shape index (κ3) is 4.95. The fourth-order valence-corrected chi connectivity index (χ4v) is 2.20. The Balaban J connectivity index is 1.86. The lowest BCUT2D eigenvalue weighted by Crippen LogP contribution is -2.35. The van der Waals surface area contributed by atoms with E-state index in [1.54, 1.807) is 0 Å². The van der Waals surface area contributed by atoms with Crippen molar-refractivity contribution in [2.24, 2.45) is 0 Å². The van der Waals surface area contributed by atoms with Gasteiger partial charge in [0.05, 0.1) is 17.2 Å². The molecule has 1 saturated heterocycles. The number of esters is 1. The van der Waals surface area contributed by atoms with Crippen LogP contribution in [0.2, 0.25) is 0 Å². The normalized spacial score (nSPS) is 17.8. The Morgan fingerprint density at radius 3 is 2.70 bits per heavy atom. The second kappa shape index (κ2) is 7.45. The lowest BCUT2D eigenvalue weighted by molar-refractivity contribution is -0.138. The highest BCUT2D eigenvalue weighted by molar-refractivity contribution is 5.92. The summed E-state index contributed by atoms with van der Waals surface area (Å²) >= 11 is 0. The van der Waals surface area contributed by atoms with Crippen LogP contribution in [0.3, 0.4) is 0 Å². The number of halogens is 3.